The van der Waals surface area contributed by atoms with Crippen molar-refractivity contribution < 1.29 is 18.1 Å². The van der Waals surface area contributed by atoms with Crippen molar-refractivity contribution in [2.45, 2.75) is 18.9 Å². The van der Waals surface area contributed by atoms with Crippen molar-refractivity contribution in [3.63, 3.8) is 0 Å². The lowest BCUT2D eigenvalue weighted by molar-refractivity contribution is 0.193. The number of halogens is 2. The molecule has 4 rings (SSSR count). The molecule has 2 aromatic carbocycles. The number of rotatable bonds is 3. The first kappa shape index (κ1) is 17.1. The van der Waals surface area contributed by atoms with Gasteiger partial charge in [0.1, 0.15) is 17.7 Å². The summed E-state index contributed by atoms with van der Waals surface area (Å²) in [5, 5.41) is 6.62. The Morgan fingerprint density at radius 3 is 2.74 bits per heavy atom. The summed E-state index contributed by atoms with van der Waals surface area (Å²) in [5.41, 5.74) is 1.00. The van der Waals surface area contributed by atoms with E-state index in [4.69, 9.17) is 4.52 Å². The number of nitrogens with one attached hydrogen (secondary N) is 1. The Morgan fingerprint density at radius 1 is 1.15 bits per heavy atom. The van der Waals surface area contributed by atoms with Crippen molar-refractivity contribution in [3.8, 4) is 11.4 Å². The topological polar surface area (TPSA) is 71.3 Å². The number of hydrogen-bond donors (Lipinski definition) is 1. The molecule has 1 aromatic heterocycles. The average molecular weight is 370 g/mol. The molecule has 0 saturated carbocycles. The summed E-state index contributed by atoms with van der Waals surface area (Å²) in [5.74, 6) is -0.117. The molecular formula is C19H16F2N4O2. The second kappa shape index (κ2) is 7.14. The van der Waals surface area contributed by atoms with Gasteiger partial charge in [-0.15, -0.1) is 0 Å². The minimum Gasteiger partial charge on any atom is -0.337 e. The highest BCUT2D eigenvalue weighted by molar-refractivity contribution is 5.89. The van der Waals surface area contributed by atoms with Gasteiger partial charge in [-0.3, -0.25) is 0 Å². The highest BCUT2D eigenvalue weighted by atomic mass is 19.1. The molecule has 138 valence electrons. The minimum atomic E-state index is -0.424. The van der Waals surface area contributed by atoms with Gasteiger partial charge in [-0.1, -0.05) is 11.2 Å². The smallest absolute Gasteiger partial charge is 0.322 e. The summed E-state index contributed by atoms with van der Waals surface area (Å²) in [6.07, 6.45) is 1.47. The normalized spacial score (nSPS) is 16.5. The summed E-state index contributed by atoms with van der Waals surface area (Å²) in [6, 6.07) is 10.8. The lowest BCUT2D eigenvalue weighted by Crippen LogP contribution is -2.34. The largest absolute Gasteiger partial charge is 0.337 e. The zero-order valence-corrected chi connectivity index (χ0v) is 14.2. The zero-order valence-electron chi connectivity index (χ0n) is 14.2. The van der Waals surface area contributed by atoms with Crippen LogP contribution in [0.25, 0.3) is 11.4 Å². The quantitative estimate of drug-likeness (QED) is 0.743. The Bertz CT molecular complexity index is 958. The van der Waals surface area contributed by atoms with Crippen molar-refractivity contribution in [1.29, 1.82) is 0 Å². The molecule has 0 unspecified atom stereocenters. The molecule has 2 amide bonds. The van der Waals surface area contributed by atoms with Crippen LogP contribution in [0.5, 0.6) is 0 Å². The first-order chi connectivity index (χ1) is 13.1. The molecule has 0 aliphatic carbocycles. The van der Waals surface area contributed by atoms with Crippen LogP contribution in [0, 0.1) is 11.6 Å². The maximum absolute atomic E-state index is 13.3. The molecule has 6 nitrogen and oxygen atoms in total. The maximum atomic E-state index is 13.3. The van der Waals surface area contributed by atoms with E-state index in [1.165, 1.54) is 30.3 Å². The predicted molar refractivity (Wildman–Crippen MR) is 93.8 cm³/mol. The van der Waals surface area contributed by atoms with Gasteiger partial charge in [0.2, 0.25) is 11.7 Å². The lowest BCUT2D eigenvalue weighted by atomic mass is 10.2. The molecule has 1 N–H and O–H groups in total. The second-order valence-corrected chi connectivity index (χ2v) is 6.26. The number of aromatic nitrogens is 2. The van der Waals surface area contributed by atoms with Gasteiger partial charge in [-0.25, -0.2) is 13.6 Å². The second-order valence-electron chi connectivity index (χ2n) is 6.26. The number of nitrogens with zero attached hydrogens (tertiary/aromatic N) is 3. The van der Waals surface area contributed by atoms with Crippen LogP contribution >= 0.6 is 0 Å². The van der Waals surface area contributed by atoms with Crippen molar-refractivity contribution in [3.05, 3.63) is 66.1 Å². The van der Waals surface area contributed by atoms with Crippen molar-refractivity contribution in [1.82, 2.24) is 15.0 Å². The van der Waals surface area contributed by atoms with Crippen molar-refractivity contribution in [2.75, 3.05) is 11.9 Å². The molecule has 0 spiro atoms. The fourth-order valence-corrected chi connectivity index (χ4v) is 3.11. The van der Waals surface area contributed by atoms with Gasteiger partial charge in [0, 0.05) is 17.8 Å². The predicted octanol–water partition coefficient (Wildman–Crippen LogP) is 4.38. The third kappa shape index (κ3) is 3.64. The molecular weight excluding hydrogens is 354 g/mol. The van der Waals surface area contributed by atoms with Gasteiger partial charge >= 0.3 is 6.03 Å². The number of hydrogen-bond acceptors (Lipinski definition) is 4. The average Bonchev–Trinajstić information content (AvgIpc) is 3.31. The van der Waals surface area contributed by atoms with E-state index in [0.717, 1.165) is 6.42 Å². The van der Waals surface area contributed by atoms with Gasteiger partial charge < -0.3 is 14.7 Å². The SMILES string of the molecule is O=C(Nc1cccc(F)c1)N1CCC[C@@H]1c1nc(-c2ccc(F)cc2)no1. The number of likely N-dealkylation sites (tertiary alicyclic amines) is 1. The maximum Gasteiger partial charge on any atom is 0.322 e. The first-order valence-electron chi connectivity index (χ1n) is 8.53. The van der Waals surface area contributed by atoms with Gasteiger partial charge in [0.25, 0.3) is 0 Å². The minimum absolute atomic E-state index is 0.321. The van der Waals surface area contributed by atoms with E-state index in [0.29, 0.717) is 35.9 Å². The summed E-state index contributed by atoms with van der Waals surface area (Å²) in [4.78, 5) is 18.5. The van der Waals surface area contributed by atoms with E-state index >= 15 is 0 Å². The van der Waals surface area contributed by atoms with Crippen molar-refractivity contribution >= 4 is 11.7 Å². The Morgan fingerprint density at radius 2 is 1.96 bits per heavy atom. The van der Waals surface area contributed by atoms with E-state index in [1.54, 1.807) is 23.1 Å². The molecule has 0 bridgehead atoms. The monoisotopic (exact) mass is 370 g/mol. The van der Waals surface area contributed by atoms with Crippen LogP contribution in [-0.2, 0) is 0 Å². The number of benzene rings is 2. The Labute approximate surface area is 153 Å². The summed E-state index contributed by atoms with van der Waals surface area (Å²) in [6.45, 7) is 0.528. The van der Waals surface area contributed by atoms with E-state index in [9.17, 15) is 13.6 Å². The van der Waals surface area contributed by atoms with Gasteiger partial charge in [-0.05, 0) is 55.3 Å². The number of urea groups is 1. The van der Waals surface area contributed by atoms with Crippen LogP contribution in [0.2, 0.25) is 0 Å². The molecule has 1 aliphatic rings. The first-order valence-corrected chi connectivity index (χ1v) is 8.53. The van der Waals surface area contributed by atoms with Crippen LogP contribution < -0.4 is 5.32 Å². The fourth-order valence-electron chi connectivity index (χ4n) is 3.11. The van der Waals surface area contributed by atoms with Crippen LogP contribution in [-0.4, -0.2) is 27.6 Å². The number of carbonyl (C=O) groups excluding carboxylic acids is 1. The van der Waals surface area contributed by atoms with Crippen LogP contribution in [0.4, 0.5) is 19.3 Å². The molecule has 1 saturated heterocycles. The Kier molecular flexibility index (Phi) is 4.53. The van der Waals surface area contributed by atoms with E-state index in [-0.39, 0.29) is 17.9 Å². The number of anilines is 1. The van der Waals surface area contributed by atoms with Gasteiger partial charge in [0.05, 0.1) is 0 Å². The third-order valence-electron chi connectivity index (χ3n) is 4.42. The highest BCUT2D eigenvalue weighted by Gasteiger charge is 2.34. The van der Waals surface area contributed by atoms with Crippen LogP contribution in [0.15, 0.2) is 53.1 Å². The molecule has 1 fully saturated rings. The standard InChI is InChI=1S/C19H16F2N4O2/c20-13-8-6-12(7-9-13)17-23-18(27-24-17)16-5-2-10-25(16)19(26)22-15-4-1-3-14(21)11-15/h1,3-4,6-9,11,16H,2,5,10H2,(H,22,26)/t16-/m1/s1. The lowest BCUT2D eigenvalue weighted by Gasteiger charge is -2.22. The molecule has 3 aromatic rings. The molecule has 8 heteroatoms. The van der Waals surface area contributed by atoms with Crippen LogP contribution in [0.3, 0.4) is 0 Å². The number of amides is 2. The van der Waals surface area contributed by atoms with E-state index in [1.807, 2.05) is 0 Å². The Balaban J connectivity index is 1.51. The Hall–Kier alpha value is -3.29. The van der Waals surface area contributed by atoms with Gasteiger partial charge in [-0.2, -0.15) is 4.98 Å². The van der Waals surface area contributed by atoms with E-state index < -0.39 is 5.82 Å². The summed E-state index contributed by atoms with van der Waals surface area (Å²) >= 11 is 0. The summed E-state index contributed by atoms with van der Waals surface area (Å²) < 4.78 is 31.7. The molecule has 27 heavy (non-hydrogen) atoms. The molecule has 2 heterocycles. The zero-order chi connectivity index (χ0) is 18.8. The van der Waals surface area contributed by atoms with Crippen molar-refractivity contribution in [2.24, 2.45) is 0 Å². The molecule has 0 radical (unpaired) electrons. The van der Waals surface area contributed by atoms with Crippen LogP contribution in [0.1, 0.15) is 24.8 Å². The third-order valence-corrected chi connectivity index (χ3v) is 4.42. The fraction of sp³-hybridized carbons (Fsp3) is 0.211. The molecule has 1 aliphatic heterocycles. The van der Waals surface area contributed by atoms with E-state index in [2.05, 4.69) is 15.5 Å². The number of carbonyl (C=O) groups is 1. The van der Waals surface area contributed by atoms with Gasteiger partial charge in [0.15, 0.2) is 0 Å². The highest BCUT2D eigenvalue weighted by Crippen LogP contribution is 2.32. The molecule has 1 atom stereocenters. The summed E-state index contributed by atoms with van der Waals surface area (Å²) in [7, 11) is 0.